The van der Waals surface area contributed by atoms with Gasteiger partial charge in [-0.05, 0) is 49.2 Å². The number of hydrogen-bond donors (Lipinski definition) is 1. The number of aryl methyl sites for hydroxylation is 1. The molecule has 0 aliphatic rings. The van der Waals surface area contributed by atoms with Crippen LogP contribution in [-0.4, -0.2) is 29.4 Å². The first-order chi connectivity index (χ1) is 15.5. The van der Waals surface area contributed by atoms with Crippen LogP contribution in [0.1, 0.15) is 30.5 Å². The number of anilines is 1. The Balaban J connectivity index is 1.50. The number of nitrogen functional groups attached to an aromatic ring is 1. The number of hydrogen-bond acceptors (Lipinski definition) is 5. The zero-order valence-corrected chi connectivity index (χ0v) is 17.8. The van der Waals surface area contributed by atoms with Gasteiger partial charge in [0.25, 0.3) is 0 Å². The molecule has 0 saturated heterocycles. The molecule has 1 aromatic carbocycles. The molecule has 8 heteroatoms. The number of fused-ring (bicyclic) bond motifs is 1. The highest BCUT2D eigenvalue weighted by Gasteiger charge is 2.15. The van der Waals surface area contributed by atoms with Crippen LogP contribution >= 0.6 is 0 Å². The SMILES string of the molecule is CCC(c1ccc(F)cc1)n1cc(-c2cccc(-c3ccn4nc(N)nc4c3C)n2)cn1. The molecule has 0 radical (unpaired) electrons. The van der Waals surface area contributed by atoms with Crippen LogP contribution in [-0.2, 0) is 0 Å². The van der Waals surface area contributed by atoms with Crippen molar-refractivity contribution >= 4 is 11.6 Å². The lowest BCUT2D eigenvalue weighted by Crippen LogP contribution is -2.10. The highest BCUT2D eigenvalue weighted by atomic mass is 19.1. The van der Waals surface area contributed by atoms with Gasteiger partial charge in [-0.3, -0.25) is 4.68 Å². The van der Waals surface area contributed by atoms with Crippen LogP contribution in [0.25, 0.3) is 28.2 Å². The van der Waals surface area contributed by atoms with E-state index in [9.17, 15) is 4.39 Å². The van der Waals surface area contributed by atoms with Gasteiger partial charge in [-0.25, -0.2) is 13.9 Å². The van der Waals surface area contributed by atoms with Gasteiger partial charge in [0.15, 0.2) is 5.65 Å². The number of nitrogens with two attached hydrogens (primary N) is 1. The minimum Gasteiger partial charge on any atom is -0.366 e. The van der Waals surface area contributed by atoms with Gasteiger partial charge in [0, 0.05) is 29.1 Å². The second-order valence-electron chi connectivity index (χ2n) is 7.69. The van der Waals surface area contributed by atoms with Crippen molar-refractivity contribution in [2.24, 2.45) is 0 Å². The number of aromatic nitrogens is 6. The summed E-state index contributed by atoms with van der Waals surface area (Å²) in [5, 5.41) is 8.74. The number of halogens is 1. The van der Waals surface area contributed by atoms with Crippen LogP contribution in [0.4, 0.5) is 10.3 Å². The van der Waals surface area contributed by atoms with E-state index in [4.69, 9.17) is 10.7 Å². The fourth-order valence-electron chi connectivity index (χ4n) is 4.01. The zero-order chi connectivity index (χ0) is 22.2. The maximum atomic E-state index is 13.3. The van der Waals surface area contributed by atoms with Crippen molar-refractivity contribution in [2.75, 3.05) is 5.73 Å². The molecule has 0 amide bonds. The Hall–Kier alpha value is -4.07. The Kier molecular flexibility index (Phi) is 4.89. The van der Waals surface area contributed by atoms with Crippen LogP contribution in [0.5, 0.6) is 0 Å². The van der Waals surface area contributed by atoms with Crippen molar-refractivity contribution in [3.8, 4) is 22.5 Å². The Labute approximate surface area is 184 Å². The van der Waals surface area contributed by atoms with Crippen molar-refractivity contribution in [2.45, 2.75) is 26.3 Å². The topological polar surface area (TPSA) is 86.9 Å². The Bertz CT molecular complexity index is 1400. The maximum Gasteiger partial charge on any atom is 0.240 e. The lowest BCUT2D eigenvalue weighted by atomic mass is 10.0. The predicted molar refractivity (Wildman–Crippen MR) is 121 cm³/mol. The highest BCUT2D eigenvalue weighted by Crippen LogP contribution is 2.28. The monoisotopic (exact) mass is 427 g/mol. The van der Waals surface area contributed by atoms with E-state index in [2.05, 4.69) is 22.1 Å². The summed E-state index contributed by atoms with van der Waals surface area (Å²) in [6.07, 6.45) is 6.47. The molecular formula is C24H22FN7. The molecule has 0 spiro atoms. The first-order valence-electron chi connectivity index (χ1n) is 10.4. The van der Waals surface area contributed by atoms with Crippen molar-refractivity contribution in [1.82, 2.24) is 29.4 Å². The summed E-state index contributed by atoms with van der Waals surface area (Å²) in [7, 11) is 0. The molecule has 0 bridgehead atoms. The second kappa shape index (κ2) is 7.88. The minimum atomic E-state index is -0.243. The summed E-state index contributed by atoms with van der Waals surface area (Å²) in [6.45, 7) is 4.07. The molecule has 32 heavy (non-hydrogen) atoms. The van der Waals surface area contributed by atoms with E-state index in [-0.39, 0.29) is 17.8 Å². The fourth-order valence-corrected chi connectivity index (χ4v) is 4.01. The lowest BCUT2D eigenvalue weighted by Gasteiger charge is -2.16. The van der Waals surface area contributed by atoms with E-state index in [0.29, 0.717) is 5.65 Å². The normalized spacial score (nSPS) is 12.3. The summed E-state index contributed by atoms with van der Waals surface area (Å²) in [5.41, 5.74) is 12.0. The summed E-state index contributed by atoms with van der Waals surface area (Å²) >= 11 is 0. The third kappa shape index (κ3) is 3.49. The predicted octanol–water partition coefficient (Wildman–Crippen LogP) is 4.68. The molecule has 0 aliphatic carbocycles. The molecule has 160 valence electrons. The van der Waals surface area contributed by atoms with Crippen molar-refractivity contribution in [3.63, 3.8) is 0 Å². The third-order valence-electron chi connectivity index (χ3n) is 5.65. The molecule has 1 unspecified atom stereocenters. The zero-order valence-electron chi connectivity index (χ0n) is 17.8. The van der Waals surface area contributed by atoms with Crippen molar-refractivity contribution < 1.29 is 4.39 Å². The van der Waals surface area contributed by atoms with E-state index >= 15 is 0 Å². The van der Waals surface area contributed by atoms with Crippen molar-refractivity contribution in [3.05, 3.63) is 84.1 Å². The van der Waals surface area contributed by atoms with Gasteiger partial charge < -0.3 is 5.73 Å². The third-order valence-corrected chi connectivity index (χ3v) is 5.65. The van der Waals surface area contributed by atoms with E-state index in [1.807, 2.05) is 54.5 Å². The summed E-state index contributed by atoms with van der Waals surface area (Å²) in [4.78, 5) is 9.19. The summed E-state index contributed by atoms with van der Waals surface area (Å²) in [5.74, 6) is -0.000855. The first-order valence-corrected chi connectivity index (χ1v) is 10.4. The Morgan fingerprint density at radius 2 is 1.81 bits per heavy atom. The molecule has 7 nitrogen and oxygen atoms in total. The molecule has 4 heterocycles. The fraction of sp³-hybridized carbons (Fsp3) is 0.167. The van der Waals surface area contributed by atoms with Gasteiger partial charge in [-0.15, -0.1) is 5.10 Å². The number of rotatable bonds is 5. The minimum absolute atomic E-state index is 0.0237. The lowest BCUT2D eigenvalue weighted by molar-refractivity contribution is 0.508. The standard InChI is InChI=1S/C24H22FN7/c1-3-22(16-7-9-18(25)10-8-16)32-14-17(13-27-32)20-5-4-6-21(28-20)19-11-12-31-23(15(19)2)29-24(26)30-31/h4-14,22H,3H2,1-2H3,(H2,26,30). The second-order valence-corrected chi connectivity index (χ2v) is 7.69. The molecule has 0 fully saturated rings. The molecule has 0 aliphatic heterocycles. The van der Waals surface area contributed by atoms with E-state index in [1.165, 1.54) is 12.1 Å². The Morgan fingerprint density at radius 3 is 2.59 bits per heavy atom. The van der Waals surface area contributed by atoms with Crippen LogP contribution in [0.2, 0.25) is 0 Å². The highest BCUT2D eigenvalue weighted by molar-refractivity contribution is 5.72. The van der Waals surface area contributed by atoms with E-state index in [0.717, 1.165) is 40.1 Å². The summed E-state index contributed by atoms with van der Waals surface area (Å²) < 4.78 is 16.9. The molecule has 0 saturated carbocycles. The average Bonchev–Trinajstić information content (AvgIpc) is 3.43. The average molecular weight is 427 g/mol. The van der Waals surface area contributed by atoms with Crippen LogP contribution in [0.15, 0.2) is 67.1 Å². The first kappa shape index (κ1) is 19.9. The number of nitrogens with zero attached hydrogens (tertiary/aromatic N) is 6. The van der Waals surface area contributed by atoms with Gasteiger partial charge in [0.05, 0.1) is 23.6 Å². The van der Waals surface area contributed by atoms with Gasteiger partial charge in [0.2, 0.25) is 5.95 Å². The van der Waals surface area contributed by atoms with Crippen LogP contribution < -0.4 is 5.73 Å². The van der Waals surface area contributed by atoms with Gasteiger partial charge in [0.1, 0.15) is 5.82 Å². The molecule has 5 rings (SSSR count). The van der Waals surface area contributed by atoms with Gasteiger partial charge >= 0.3 is 0 Å². The van der Waals surface area contributed by atoms with E-state index in [1.54, 1.807) is 16.6 Å². The molecule has 4 aromatic heterocycles. The molecule has 1 atom stereocenters. The molecular weight excluding hydrogens is 405 g/mol. The van der Waals surface area contributed by atoms with Gasteiger partial charge in [-0.1, -0.05) is 25.1 Å². The quantitative estimate of drug-likeness (QED) is 0.440. The largest absolute Gasteiger partial charge is 0.366 e. The van der Waals surface area contributed by atoms with Crippen LogP contribution in [0, 0.1) is 12.7 Å². The maximum absolute atomic E-state index is 13.3. The number of pyridine rings is 2. The smallest absolute Gasteiger partial charge is 0.240 e. The summed E-state index contributed by atoms with van der Waals surface area (Å²) in [6, 6.07) is 14.5. The van der Waals surface area contributed by atoms with Gasteiger partial charge in [-0.2, -0.15) is 10.1 Å². The van der Waals surface area contributed by atoms with Crippen LogP contribution in [0.3, 0.4) is 0 Å². The van der Waals surface area contributed by atoms with Crippen molar-refractivity contribution in [1.29, 1.82) is 0 Å². The van der Waals surface area contributed by atoms with E-state index < -0.39 is 0 Å². The molecule has 5 aromatic rings. The molecule has 2 N–H and O–H groups in total. The Morgan fingerprint density at radius 1 is 1.03 bits per heavy atom. The number of benzene rings is 1.